The predicted octanol–water partition coefficient (Wildman–Crippen LogP) is 4.21. The summed E-state index contributed by atoms with van der Waals surface area (Å²) in [5.74, 6) is 0.346. The van der Waals surface area contributed by atoms with Crippen LogP contribution in [0.5, 0.6) is 0 Å². The van der Waals surface area contributed by atoms with Gasteiger partial charge in [0.25, 0.3) is 6.43 Å². The van der Waals surface area contributed by atoms with Gasteiger partial charge in [-0.15, -0.1) is 0 Å². The first kappa shape index (κ1) is 24.1. The molecule has 190 valence electrons. The SMILES string of the molecule is O=C(O)N1CCN(c2ccc(Nc3nccc(-c4cn(CC(F)F)nc4-c4cccnc4)n3)cc2)CC1. The molecule has 0 atom stereocenters. The zero-order valence-corrected chi connectivity index (χ0v) is 19.7. The number of hydrogen-bond donors (Lipinski definition) is 2. The molecule has 12 heteroatoms. The molecule has 1 aliphatic rings. The third-order valence-corrected chi connectivity index (χ3v) is 5.99. The Morgan fingerprint density at radius 1 is 1.05 bits per heavy atom. The Labute approximate surface area is 211 Å². The van der Waals surface area contributed by atoms with Gasteiger partial charge in [-0.3, -0.25) is 9.67 Å². The van der Waals surface area contributed by atoms with Crippen LogP contribution in [-0.2, 0) is 6.54 Å². The number of aromatic nitrogens is 5. The van der Waals surface area contributed by atoms with Crippen molar-refractivity contribution in [1.82, 2.24) is 29.6 Å². The summed E-state index contributed by atoms with van der Waals surface area (Å²) in [7, 11) is 0. The first-order valence-electron chi connectivity index (χ1n) is 11.7. The van der Waals surface area contributed by atoms with Crippen molar-refractivity contribution < 1.29 is 18.7 Å². The molecule has 0 saturated carbocycles. The van der Waals surface area contributed by atoms with E-state index in [0.29, 0.717) is 54.6 Å². The topological polar surface area (TPSA) is 112 Å². The molecule has 1 saturated heterocycles. The summed E-state index contributed by atoms with van der Waals surface area (Å²) in [6.07, 6.45) is 2.98. The Bertz CT molecular complexity index is 1360. The molecule has 10 nitrogen and oxygen atoms in total. The minimum atomic E-state index is -2.54. The molecule has 1 amide bonds. The number of rotatable bonds is 7. The summed E-state index contributed by atoms with van der Waals surface area (Å²) in [5.41, 5.74) is 4.09. The van der Waals surface area contributed by atoms with Crippen molar-refractivity contribution in [2.75, 3.05) is 36.4 Å². The third kappa shape index (κ3) is 5.63. The number of nitrogens with zero attached hydrogens (tertiary/aromatic N) is 7. The highest BCUT2D eigenvalue weighted by atomic mass is 19.3. The Morgan fingerprint density at radius 2 is 1.84 bits per heavy atom. The second kappa shape index (κ2) is 10.6. The molecule has 4 heterocycles. The third-order valence-electron chi connectivity index (χ3n) is 5.99. The zero-order chi connectivity index (χ0) is 25.8. The summed E-state index contributed by atoms with van der Waals surface area (Å²) in [5, 5.41) is 16.7. The maximum absolute atomic E-state index is 13.0. The number of benzene rings is 1. The minimum absolute atomic E-state index is 0.346. The van der Waals surface area contributed by atoms with Gasteiger partial charge in [0, 0.05) is 73.5 Å². The highest BCUT2D eigenvalue weighted by molar-refractivity contribution is 5.78. The Hall–Kier alpha value is -4.61. The first-order valence-corrected chi connectivity index (χ1v) is 11.7. The highest BCUT2D eigenvalue weighted by Crippen LogP contribution is 2.30. The van der Waals surface area contributed by atoms with Gasteiger partial charge in [0.05, 0.1) is 5.69 Å². The molecule has 4 aromatic rings. The maximum atomic E-state index is 13.0. The van der Waals surface area contributed by atoms with Crippen molar-refractivity contribution in [1.29, 1.82) is 0 Å². The van der Waals surface area contributed by atoms with E-state index in [1.165, 1.54) is 9.58 Å². The van der Waals surface area contributed by atoms with Crippen molar-refractivity contribution in [3.63, 3.8) is 0 Å². The second-order valence-electron chi connectivity index (χ2n) is 8.44. The van der Waals surface area contributed by atoms with Crippen LogP contribution in [0.4, 0.5) is 30.9 Å². The number of hydrogen-bond acceptors (Lipinski definition) is 7. The van der Waals surface area contributed by atoms with Crippen LogP contribution in [0.15, 0.2) is 67.3 Å². The molecule has 3 aromatic heterocycles. The quantitative estimate of drug-likeness (QED) is 0.383. The van der Waals surface area contributed by atoms with Crippen LogP contribution in [0.25, 0.3) is 22.5 Å². The predicted molar refractivity (Wildman–Crippen MR) is 134 cm³/mol. The summed E-state index contributed by atoms with van der Waals surface area (Å²) in [6.45, 7) is 1.66. The van der Waals surface area contributed by atoms with Gasteiger partial charge in [-0.1, -0.05) is 0 Å². The lowest BCUT2D eigenvalue weighted by Gasteiger charge is -2.34. The molecule has 0 aliphatic carbocycles. The van der Waals surface area contributed by atoms with Gasteiger partial charge in [-0.2, -0.15) is 5.10 Å². The van der Waals surface area contributed by atoms with Crippen molar-refractivity contribution >= 4 is 23.4 Å². The summed E-state index contributed by atoms with van der Waals surface area (Å²) in [4.78, 5) is 27.7. The van der Waals surface area contributed by atoms with E-state index >= 15 is 0 Å². The number of carboxylic acid groups (broad SMARTS) is 1. The van der Waals surface area contributed by atoms with Crippen LogP contribution < -0.4 is 10.2 Å². The van der Waals surface area contributed by atoms with E-state index in [9.17, 15) is 13.6 Å². The number of halogens is 2. The van der Waals surface area contributed by atoms with Crippen LogP contribution in [0.1, 0.15) is 0 Å². The number of pyridine rings is 1. The average molecular weight is 507 g/mol. The van der Waals surface area contributed by atoms with Crippen molar-refractivity contribution in [3.05, 3.63) is 67.3 Å². The summed E-state index contributed by atoms with van der Waals surface area (Å²) >= 11 is 0. The largest absolute Gasteiger partial charge is 0.465 e. The van der Waals surface area contributed by atoms with Gasteiger partial charge in [0.1, 0.15) is 12.2 Å². The van der Waals surface area contributed by atoms with E-state index in [0.717, 1.165) is 11.4 Å². The number of alkyl halides is 2. The van der Waals surface area contributed by atoms with E-state index in [1.807, 2.05) is 30.3 Å². The fourth-order valence-electron chi connectivity index (χ4n) is 4.17. The number of carbonyl (C=O) groups is 1. The van der Waals surface area contributed by atoms with Gasteiger partial charge in [-0.25, -0.2) is 23.5 Å². The first-order chi connectivity index (χ1) is 18.0. The van der Waals surface area contributed by atoms with Crippen molar-refractivity contribution in [2.24, 2.45) is 0 Å². The lowest BCUT2D eigenvalue weighted by atomic mass is 10.1. The van der Waals surface area contributed by atoms with Crippen molar-refractivity contribution in [2.45, 2.75) is 13.0 Å². The molecular weight excluding hydrogens is 482 g/mol. The number of piperazine rings is 1. The van der Waals surface area contributed by atoms with Crippen LogP contribution in [-0.4, -0.2) is 73.4 Å². The van der Waals surface area contributed by atoms with Crippen molar-refractivity contribution in [3.8, 4) is 22.5 Å². The molecule has 0 spiro atoms. The maximum Gasteiger partial charge on any atom is 0.407 e. The van der Waals surface area contributed by atoms with Gasteiger partial charge in [0.15, 0.2) is 0 Å². The molecule has 37 heavy (non-hydrogen) atoms. The van der Waals surface area contributed by atoms with Gasteiger partial charge in [0.2, 0.25) is 5.95 Å². The molecule has 0 radical (unpaired) electrons. The van der Waals surface area contributed by atoms with Crippen LogP contribution in [0.3, 0.4) is 0 Å². The fraction of sp³-hybridized carbons (Fsp3) is 0.240. The molecule has 1 fully saturated rings. The van der Waals surface area contributed by atoms with Gasteiger partial charge >= 0.3 is 6.09 Å². The molecule has 5 rings (SSSR count). The molecule has 0 unspecified atom stereocenters. The molecular formula is C25H24F2N8O2. The normalized spacial score (nSPS) is 13.7. The van der Waals surface area contributed by atoms with Crippen LogP contribution in [0.2, 0.25) is 0 Å². The summed E-state index contributed by atoms with van der Waals surface area (Å²) in [6, 6.07) is 13.0. The zero-order valence-electron chi connectivity index (χ0n) is 19.7. The number of amides is 1. The van der Waals surface area contributed by atoms with E-state index < -0.39 is 19.1 Å². The van der Waals surface area contributed by atoms with Gasteiger partial charge < -0.3 is 20.2 Å². The highest BCUT2D eigenvalue weighted by Gasteiger charge is 2.21. The van der Waals surface area contributed by atoms with E-state index in [4.69, 9.17) is 5.11 Å². The van der Waals surface area contributed by atoms with Crippen LogP contribution >= 0.6 is 0 Å². The van der Waals surface area contributed by atoms with Gasteiger partial charge in [-0.05, 0) is 42.5 Å². The standard InChI is InChI=1S/C25H24F2N8O2/c26-22(27)16-35-15-20(23(32-35)17-2-1-8-28-14-17)21-7-9-29-24(31-21)30-18-3-5-19(6-4-18)33-10-12-34(13-11-33)25(36)37/h1-9,14-15,22H,10-13,16H2,(H,36,37)(H,29,30,31). The molecule has 1 aliphatic heterocycles. The van der Waals surface area contributed by atoms with E-state index in [1.54, 1.807) is 36.9 Å². The molecule has 2 N–H and O–H groups in total. The fourth-order valence-corrected chi connectivity index (χ4v) is 4.17. The lowest BCUT2D eigenvalue weighted by Crippen LogP contribution is -2.48. The van der Waals surface area contributed by atoms with Crippen LogP contribution in [0, 0.1) is 0 Å². The Morgan fingerprint density at radius 3 is 2.51 bits per heavy atom. The molecule has 1 aromatic carbocycles. The number of nitrogens with one attached hydrogen (secondary N) is 1. The molecule has 0 bridgehead atoms. The minimum Gasteiger partial charge on any atom is -0.465 e. The second-order valence-corrected chi connectivity index (χ2v) is 8.44. The summed E-state index contributed by atoms with van der Waals surface area (Å²) < 4.78 is 27.3. The lowest BCUT2D eigenvalue weighted by molar-refractivity contribution is 0.122. The Balaban J connectivity index is 1.34. The Kier molecular flexibility index (Phi) is 6.88. The monoisotopic (exact) mass is 506 g/mol. The average Bonchev–Trinajstić information content (AvgIpc) is 3.33. The number of anilines is 3. The smallest absolute Gasteiger partial charge is 0.407 e. The van der Waals surface area contributed by atoms with E-state index in [-0.39, 0.29) is 0 Å². The van der Waals surface area contributed by atoms with E-state index in [2.05, 4.69) is 30.3 Å².